The molecular formula is C15H18BrNO5. The summed E-state index contributed by atoms with van der Waals surface area (Å²) >= 11 is 3.33. The monoisotopic (exact) mass is 371 g/mol. The first-order valence-corrected chi connectivity index (χ1v) is 7.83. The van der Waals surface area contributed by atoms with Crippen molar-refractivity contribution in [1.29, 1.82) is 0 Å². The van der Waals surface area contributed by atoms with Crippen LogP contribution >= 0.6 is 15.9 Å². The zero-order chi connectivity index (χ0) is 16.3. The first-order valence-electron chi connectivity index (χ1n) is 7.04. The van der Waals surface area contributed by atoms with Gasteiger partial charge in [0, 0.05) is 12.1 Å². The maximum absolute atomic E-state index is 12.3. The molecule has 1 heterocycles. The SMILES string of the molecule is CCC(CC)(CNC(=O)c1cc(Br)c2c(c1)OCO2)C(=O)O. The van der Waals surface area contributed by atoms with Gasteiger partial charge in [-0.05, 0) is 40.9 Å². The van der Waals surface area contributed by atoms with Crippen LogP contribution in [0.2, 0.25) is 0 Å². The Balaban J connectivity index is 2.13. The second-order valence-electron chi connectivity index (χ2n) is 5.17. The smallest absolute Gasteiger partial charge is 0.311 e. The van der Waals surface area contributed by atoms with Crippen molar-refractivity contribution in [3.63, 3.8) is 0 Å². The van der Waals surface area contributed by atoms with E-state index >= 15 is 0 Å². The number of carbonyl (C=O) groups excluding carboxylic acids is 1. The summed E-state index contributed by atoms with van der Waals surface area (Å²) < 4.78 is 11.2. The van der Waals surface area contributed by atoms with Crippen LogP contribution in [0.3, 0.4) is 0 Å². The van der Waals surface area contributed by atoms with Crippen molar-refractivity contribution in [2.45, 2.75) is 26.7 Å². The summed E-state index contributed by atoms with van der Waals surface area (Å²) in [7, 11) is 0. The summed E-state index contributed by atoms with van der Waals surface area (Å²) in [5, 5.41) is 12.1. The Kier molecular flexibility index (Phi) is 4.95. The van der Waals surface area contributed by atoms with Gasteiger partial charge in [0.1, 0.15) is 0 Å². The number of carboxylic acid groups (broad SMARTS) is 1. The van der Waals surface area contributed by atoms with Crippen molar-refractivity contribution in [2.24, 2.45) is 5.41 Å². The highest BCUT2D eigenvalue weighted by molar-refractivity contribution is 9.10. The van der Waals surface area contributed by atoms with Crippen LogP contribution in [-0.4, -0.2) is 30.3 Å². The Morgan fingerprint density at radius 3 is 2.59 bits per heavy atom. The van der Waals surface area contributed by atoms with Gasteiger partial charge in [-0.2, -0.15) is 0 Å². The molecule has 0 unspecified atom stereocenters. The van der Waals surface area contributed by atoms with E-state index in [9.17, 15) is 14.7 Å². The fourth-order valence-corrected chi connectivity index (χ4v) is 2.88. The molecule has 1 aromatic carbocycles. The average molecular weight is 372 g/mol. The summed E-state index contributed by atoms with van der Waals surface area (Å²) in [6, 6.07) is 3.21. The predicted octanol–water partition coefficient (Wildman–Crippen LogP) is 2.80. The second-order valence-corrected chi connectivity index (χ2v) is 6.02. The number of aliphatic carboxylic acids is 1. The van der Waals surface area contributed by atoms with Crippen LogP contribution in [0.1, 0.15) is 37.0 Å². The van der Waals surface area contributed by atoms with Crippen LogP contribution in [0.5, 0.6) is 11.5 Å². The minimum absolute atomic E-state index is 0.0836. The normalized spacial score (nSPS) is 13.0. The fourth-order valence-electron chi connectivity index (χ4n) is 2.33. The third-order valence-corrected chi connectivity index (χ3v) is 4.67. The molecule has 0 aromatic heterocycles. The fraction of sp³-hybridized carbons (Fsp3) is 0.467. The van der Waals surface area contributed by atoms with E-state index in [1.54, 1.807) is 26.0 Å². The highest BCUT2D eigenvalue weighted by atomic mass is 79.9. The molecule has 2 rings (SSSR count). The first kappa shape index (κ1) is 16.6. The van der Waals surface area contributed by atoms with Crippen molar-refractivity contribution in [3.8, 4) is 11.5 Å². The molecule has 7 heteroatoms. The largest absolute Gasteiger partial charge is 0.481 e. The molecule has 2 N–H and O–H groups in total. The van der Waals surface area contributed by atoms with Crippen LogP contribution in [0.25, 0.3) is 0 Å². The lowest BCUT2D eigenvalue weighted by Crippen LogP contribution is -2.42. The Bertz CT molecular complexity index is 598. The number of nitrogens with one attached hydrogen (secondary N) is 1. The lowest BCUT2D eigenvalue weighted by atomic mass is 9.82. The molecular weight excluding hydrogens is 354 g/mol. The lowest BCUT2D eigenvalue weighted by Gasteiger charge is -2.26. The summed E-state index contributed by atoms with van der Waals surface area (Å²) in [5.41, 5.74) is -0.550. The zero-order valence-electron chi connectivity index (χ0n) is 12.4. The number of rotatable bonds is 6. The molecule has 6 nitrogen and oxygen atoms in total. The maximum Gasteiger partial charge on any atom is 0.311 e. The molecule has 0 fully saturated rings. The first-order chi connectivity index (χ1) is 10.4. The van der Waals surface area contributed by atoms with Crippen molar-refractivity contribution < 1.29 is 24.2 Å². The van der Waals surface area contributed by atoms with Crippen LogP contribution in [0.15, 0.2) is 16.6 Å². The summed E-state index contributed by atoms with van der Waals surface area (Å²) in [4.78, 5) is 23.7. The van der Waals surface area contributed by atoms with Gasteiger partial charge in [-0.3, -0.25) is 9.59 Å². The standard InChI is InChI=1S/C15H18BrNO5/c1-3-15(4-2,14(19)20)7-17-13(18)9-5-10(16)12-11(6-9)21-8-22-12/h5-6H,3-4,7-8H2,1-2H3,(H,17,18)(H,19,20). The molecule has 0 spiro atoms. The summed E-state index contributed by atoms with van der Waals surface area (Å²) in [6.45, 7) is 3.81. The molecule has 0 aliphatic carbocycles. The number of halogens is 1. The van der Waals surface area contributed by atoms with Crippen molar-refractivity contribution in [1.82, 2.24) is 5.32 Å². The second kappa shape index (κ2) is 6.56. The van der Waals surface area contributed by atoms with Gasteiger partial charge >= 0.3 is 5.97 Å². The topological polar surface area (TPSA) is 84.9 Å². The van der Waals surface area contributed by atoms with Crippen LogP contribution < -0.4 is 14.8 Å². The maximum atomic E-state index is 12.3. The minimum atomic E-state index is -0.941. The van der Waals surface area contributed by atoms with Gasteiger partial charge in [-0.25, -0.2) is 0 Å². The molecule has 22 heavy (non-hydrogen) atoms. The molecule has 0 radical (unpaired) electrons. The zero-order valence-corrected chi connectivity index (χ0v) is 14.0. The van der Waals surface area contributed by atoms with Gasteiger partial charge in [-0.1, -0.05) is 13.8 Å². The molecule has 0 bridgehead atoms. The molecule has 1 aromatic rings. The number of fused-ring (bicyclic) bond motifs is 1. The third kappa shape index (κ3) is 3.04. The quantitative estimate of drug-likeness (QED) is 0.802. The number of hydrogen-bond donors (Lipinski definition) is 2. The van der Waals surface area contributed by atoms with Gasteiger partial charge in [0.05, 0.1) is 9.89 Å². The van der Waals surface area contributed by atoms with Crippen LogP contribution in [0, 0.1) is 5.41 Å². The number of amides is 1. The van der Waals surface area contributed by atoms with E-state index in [2.05, 4.69) is 21.2 Å². The molecule has 120 valence electrons. The van der Waals surface area contributed by atoms with Gasteiger partial charge in [0.2, 0.25) is 6.79 Å². The van der Waals surface area contributed by atoms with E-state index in [4.69, 9.17) is 9.47 Å². The number of carboxylic acids is 1. The molecule has 0 atom stereocenters. The number of hydrogen-bond acceptors (Lipinski definition) is 4. The Labute approximate surface area is 136 Å². The molecule has 1 aliphatic heterocycles. The van der Waals surface area contributed by atoms with Crippen molar-refractivity contribution in [2.75, 3.05) is 13.3 Å². The highest BCUT2D eigenvalue weighted by Crippen LogP contribution is 2.40. The van der Waals surface area contributed by atoms with E-state index < -0.39 is 11.4 Å². The molecule has 0 saturated heterocycles. The Morgan fingerprint density at radius 1 is 1.32 bits per heavy atom. The van der Waals surface area contributed by atoms with Crippen molar-refractivity contribution in [3.05, 3.63) is 22.2 Å². The van der Waals surface area contributed by atoms with E-state index in [-0.39, 0.29) is 19.2 Å². The average Bonchev–Trinajstić information content (AvgIpc) is 2.97. The minimum Gasteiger partial charge on any atom is -0.481 e. The van der Waals surface area contributed by atoms with E-state index in [1.807, 2.05) is 0 Å². The Morgan fingerprint density at radius 2 is 2.00 bits per heavy atom. The van der Waals surface area contributed by atoms with Crippen LogP contribution in [0.4, 0.5) is 0 Å². The Hall–Kier alpha value is -1.76. The lowest BCUT2D eigenvalue weighted by molar-refractivity contribution is -0.149. The summed E-state index contributed by atoms with van der Waals surface area (Å²) in [6.07, 6.45) is 0.897. The third-order valence-electron chi connectivity index (χ3n) is 4.08. The predicted molar refractivity (Wildman–Crippen MR) is 83.2 cm³/mol. The number of ether oxygens (including phenoxy) is 2. The summed E-state index contributed by atoms with van der Waals surface area (Å²) in [5.74, 6) is -0.176. The van der Waals surface area contributed by atoms with Crippen LogP contribution in [-0.2, 0) is 4.79 Å². The van der Waals surface area contributed by atoms with Gasteiger partial charge in [0.15, 0.2) is 11.5 Å². The highest BCUT2D eigenvalue weighted by Gasteiger charge is 2.35. The molecule has 0 saturated carbocycles. The van der Waals surface area contributed by atoms with E-state index in [0.717, 1.165) is 0 Å². The van der Waals surface area contributed by atoms with Gasteiger partial charge < -0.3 is 19.9 Å². The van der Waals surface area contributed by atoms with E-state index in [1.165, 1.54) is 0 Å². The molecule has 1 amide bonds. The van der Waals surface area contributed by atoms with Gasteiger partial charge in [0.25, 0.3) is 5.91 Å². The van der Waals surface area contributed by atoms with Crippen molar-refractivity contribution >= 4 is 27.8 Å². The number of carbonyl (C=O) groups is 2. The van der Waals surface area contributed by atoms with E-state index in [0.29, 0.717) is 34.4 Å². The number of benzene rings is 1. The molecule has 1 aliphatic rings. The van der Waals surface area contributed by atoms with Gasteiger partial charge in [-0.15, -0.1) is 0 Å².